The number of piperidine rings is 1. The molecule has 0 bridgehead atoms. The average molecular weight is 480 g/mol. The van der Waals surface area contributed by atoms with Gasteiger partial charge in [0.2, 0.25) is 10.0 Å². The van der Waals surface area contributed by atoms with Gasteiger partial charge in [0, 0.05) is 19.3 Å². The molecule has 3 unspecified atom stereocenters. The molecule has 2 heterocycles. The Kier molecular flexibility index (Phi) is 7.53. The fourth-order valence-corrected chi connectivity index (χ4v) is 5.56. The molecular formula is C22H26ClN3O5S. The molecule has 10 heteroatoms. The molecule has 1 amide bonds. The molecule has 32 heavy (non-hydrogen) atoms. The van der Waals surface area contributed by atoms with Crippen molar-refractivity contribution in [3.8, 4) is 0 Å². The molecule has 1 aliphatic rings. The Morgan fingerprint density at radius 2 is 1.78 bits per heavy atom. The topological polar surface area (TPSA) is 106 Å². The highest BCUT2D eigenvalue weighted by molar-refractivity contribution is 7.89. The molecule has 0 saturated carbocycles. The maximum absolute atomic E-state index is 13.0. The largest absolute Gasteiger partial charge is 0.449 e. The molecule has 1 N–H and O–H groups in total. The summed E-state index contributed by atoms with van der Waals surface area (Å²) < 4.78 is 32.6. The molecule has 0 aliphatic carbocycles. The lowest BCUT2D eigenvalue weighted by Gasteiger charge is -2.34. The molecule has 2 aromatic rings. The van der Waals surface area contributed by atoms with Crippen LogP contribution < -0.4 is 5.32 Å². The van der Waals surface area contributed by atoms with E-state index in [1.54, 1.807) is 12.1 Å². The third-order valence-corrected chi connectivity index (χ3v) is 7.38. The second-order valence-corrected chi connectivity index (χ2v) is 10.5. The summed E-state index contributed by atoms with van der Waals surface area (Å²) in [5.74, 6) is -0.733. The van der Waals surface area contributed by atoms with Crippen molar-refractivity contribution in [2.75, 3.05) is 18.4 Å². The van der Waals surface area contributed by atoms with Crippen LogP contribution in [-0.2, 0) is 19.6 Å². The van der Waals surface area contributed by atoms with Crippen molar-refractivity contribution in [1.29, 1.82) is 0 Å². The maximum atomic E-state index is 13.0. The predicted molar refractivity (Wildman–Crippen MR) is 121 cm³/mol. The highest BCUT2D eigenvalue weighted by Crippen LogP contribution is 2.27. The van der Waals surface area contributed by atoms with E-state index >= 15 is 0 Å². The van der Waals surface area contributed by atoms with E-state index in [-0.39, 0.29) is 27.4 Å². The fourth-order valence-electron chi connectivity index (χ4n) is 3.71. The molecule has 1 fully saturated rings. The van der Waals surface area contributed by atoms with Crippen LogP contribution in [-0.4, -0.2) is 48.8 Å². The van der Waals surface area contributed by atoms with Crippen molar-refractivity contribution in [3.63, 3.8) is 0 Å². The molecule has 1 aromatic carbocycles. The number of halogens is 1. The van der Waals surface area contributed by atoms with Gasteiger partial charge in [0.05, 0.1) is 16.1 Å². The van der Waals surface area contributed by atoms with Gasteiger partial charge in [-0.05, 0) is 61.6 Å². The maximum Gasteiger partial charge on any atom is 0.338 e. The van der Waals surface area contributed by atoms with E-state index in [1.165, 1.54) is 41.7 Å². The van der Waals surface area contributed by atoms with E-state index in [9.17, 15) is 18.0 Å². The predicted octanol–water partition coefficient (Wildman–Crippen LogP) is 3.59. The van der Waals surface area contributed by atoms with Crippen LogP contribution in [0.5, 0.6) is 0 Å². The molecule has 1 saturated heterocycles. The quantitative estimate of drug-likeness (QED) is 0.501. The Balaban J connectivity index is 1.64. The van der Waals surface area contributed by atoms with Gasteiger partial charge in [-0.2, -0.15) is 4.31 Å². The van der Waals surface area contributed by atoms with E-state index in [1.807, 2.05) is 13.8 Å². The van der Waals surface area contributed by atoms with Crippen molar-refractivity contribution < 1.29 is 22.7 Å². The molecule has 0 radical (unpaired) electrons. The van der Waals surface area contributed by atoms with Crippen molar-refractivity contribution in [1.82, 2.24) is 9.29 Å². The minimum atomic E-state index is -3.65. The summed E-state index contributed by atoms with van der Waals surface area (Å²) in [6.07, 6.45) is 1.38. The Hall–Kier alpha value is -2.49. The minimum absolute atomic E-state index is 0.118. The number of aromatic nitrogens is 1. The Morgan fingerprint density at radius 3 is 2.38 bits per heavy atom. The summed E-state index contributed by atoms with van der Waals surface area (Å²) >= 11 is 5.91. The Morgan fingerprint density at radius 1 is 1.16 bits per heavy atom. The van der Waals surface area contributed by atoms with Crippen LogP contribution in [0, 0.1) is 11.8 Å². The zero-order chi connectivity index (χ0) is 23.5. The molecule has 3 atom stereocenters. The average Bonchev–Trinajstić information content (AvgIpc) is 2.74. The summed E-state index contributed by atoms with van der Waals surface area (Å²) in [7, 11) is -3.65. The first-order chi connectivity index (χ1) is 15.1. The number of hydrogen-bond donors (Lipinski definition) is 1. The van der Waals surface area contributed by atoms with Crippen LogP contribution >= 0.6 is 11.6 Å². The SMILES string of the molecule is CC1CC(C)CN(S(=O)(=O)c2ccc(C(=O)OC(C)C(=O)Nc3cccnc3Cl)cc2)C1. The van der Waals surface area contributed by atoms with E-state index < -0.39 is 28.0 Å². The number of pyridine rings is 1. The number of hydrogen-bond acceptors (Lipinski definition) is 6. The lowest BCUT2D eigenvalue weighted by molar-refractivity contribution is -0.123. The molecule has 8 nitrogen and oxygen atoms in total. The third kappa shape index (κ3) is 5.65. The fraction of sp³-hybridized carbons (Fsp3) is 0.409. The van der Waals surface area contributed by atoms with Gasteiger partial charge in [-0.1, -0.05) is 25.4 Å². The van der Waals surface area contributed by atoms with E-state index in [4.69, 9.17) is 16.3 Å². The lowest BCUT2D eigenvalue weighted by Crippen LogP contribution is -2.42. The van der Waals surface area contributed by atoms with Crippen molar-refractivity contribution >= 4 is 39.2 Å². The van der Waals surface area contributed by atoms with Gasteiger partial charge >= 0.3 is 5.97 Å². The van der Waals surface area contributed by atoms with E-state index in [2.05, 4.69) is 10.3 Å². The van der Waals surface area contributed by atoms with Gasteiger partial charge in [0.1, 0.15) is 0 Å². The highest BCUT2D eigenvalue weighted by atomic mass is 35.5. The van der Waals surface area contributed by atoms with Crippen molar-refractivity contribution in [2.24, 2.45) is 11.8 Å². The summed E-state index contributed by atoms with van der Waals surface area (Å²) in [5, 5.41) is 2.66. The minimum Gasteiger partial charge on any atom is -0.449 e. The number of esters is 1. The number of ether oxygens (including phenoxy) is 1. The summed E-state index contributed by atoms with van der Waals surface area (Å²) in [4.78, 5) is 28.7. The van der Waals surface area contributed by atoms with Gasteiger partial charge in [0.15, 0.2) is 11.3 Å². The van der Waals surface area contributed by atoms with Crippen LogP contribution in [0.4, 0.5) is 5.69 Å². The van der Waals surface area contributed by atoms with Gasteiger partial charge in [0.25, 0.3) is 5.91 Å². The second-order valence-electron chi connectivity index (χ2n) is 8.17. The van der Waals surface area contributed by atoms with Crippen LogP contribution in [0.3, 0.4) is 0 Å². The first kappa shape index (κ1) is 24.2. The Bertz CT molecular complexity index is 1080. The number of anilines is 1. The zero-order valence-electron chi connectivity index (χ0n) is 18.1. The summed E-state index contributed by atoms with van der Waals surface area (Å²) in [5.41, 5.74) is 0.446. The monoisotopic (exact) mass is 479 g/mol. The van der Waals surface area contributed by atoms with E-state index in [0.29, 0.717) is 18.8 Å². The summed E-state index contributed by atoms with van der Waals surface area (Å²) in [6.45, 7) is 6.46. The van der Waals surface area contributed by atoms with Crippen molar-refractivity contribution in [3.05, 3.63) is 53.3 Å². The first-order valence-corrected chi connectivity index (χ1v) is 12.1. The van der Waals surface area contributed by atoms with E-state index in [0.717, 1.165) is 6.42 Å². The third-order valence-electron chi connectivity index (χ3n) is 5.23. The highest BCUT2D eigenvalue weighted by Gasteiger charge is 2.31. The number of amides is 1. The molecule has 1 aromatic heterocycles. The number of carbonyl (C=O) groups is 2. The van der Waals surface area contributed by atoms with Crippen LogP contribution in [0.25, 0.3) is 0 Å². The smallest absolute Gasteiger partial charge is 0.338 e. The standard InChI is InChI=1S/C22H26ClN3O5S/c1-14-11-15(2)13-26(12-14)32(29,30)18-8-6-17(7-9-18)22(28)31-16(3)21(27)25-19-5-4-10-24-20(19)23/h4-10,14-16H,11-13H2,1-3H3,(H,25,27). The molecular weight excluding hydrogens is 454 g/mol. The zero-order valence-corrected chi connectivity index (χ0v) is 19.7. The molecule has 172 valence electrons. The number of nitrogens with zero attached hydrogens (tertiary/aromatic N) is 2. The molecule has 0 spiro atoms. The Labute approximate surface area is 193 Å². The second kappa shape index (κ2) is 9.97. The van der Waals surface area contributed by atoms with Crippen LogP contribution in [0.2, 0.25) is 5.15 Å². The number of nitrogens with one attached hydrogen (secondary N) is 1. The van der Waals surface area contributed by atoms with Gasteiger partial charge in [-0.3, -0.25) is 4.79 Å². The van der Waals surface area contributed by atoms with Gasteiger partial charge in [-0.25, -0.2) is 18.2 Å². The number of carbonyl (C=O) groups excluding carboxylic acids is 2. The molecule has 1 aliphatic heterocycles. The van der Waals surface area contributed by atoms with Crippen LogP contribution in [0.15, 0.2) is 47.5 Å². The van der Waals surface area contributed by atoms with Crippen molar-refractivity contribution in [2.45, 2.75) is 38.2 Å². The molecule has 3 rings (SSSR count). The normalized spacial score (nSPS) is 20.4. The lowest BCUT2D eigenvalue weighted by atomic mass is 9.94. The van der Waals surface area contributed by atoms with Gasteiger partial charge in [-0.15, -0.1) is 0 Å². The first-order valence-electron chi connectivity index (χ1n) is 10.3. The number of benzene rings is 1. The summed E-state index contributed by atoms with van der Waals surface area (Å²) in [6, 6.07) is 8.72. The number of sulfonamides is 1. The van der Waals surface area contributed by atoms with Gasteiger partial charge < -0.3 is 10.1 Å². The number of rotatable bonds is 6. The van der Waals surface area contributed by atoms with Crippen LogP contribution in [0.1, 0.15) is 37.6 Å².